The molecule has 1 aromatic carbocycles. The molecule has 0 atom stereocenters. The predicted molar refractivity (Wildman–Crippen MR) is 80.6 cm³/mol. The molecular formula is C15H17N5. The van der Waals surface area contributed by atoms with Crippen molar-refractivity contribution in [2.45, 2.75) is 26.8 Å². The highest BCUT2D eigenvalue weighted by atomic mass is 15.2. The third kappa shape index (κ3) is 2.47. The molecule has 5 heteroatoms. The maximum absolute atomic E-state index is 4.39. The van der Waals surface area contributed by atoms with Crippen molar-refractivity contribution in [1.29, 1.82) is 0 Å². The molecule has 0 aliphatic carbocycles. The standard InChI is InChI=1S/C15H17N5/c1-9(2)16-15-7-6-12(19-20-15)11-4-5-13-14(8-11)18-10(3)17-13/h4-9H,1-3H3,(H,16,20)(H,17,18). The van der Waals surface area contributed by atoms with Gasteiger partial charge in [0.2, 0.25) is 0 Å². The number of hydrogen-bond acceptors (Lipinski definition) is 4. The Hall–Kier alpha value is -2.43. The van der Waals surface area contributed by atoms with E-state index in [2.05, 4.69) is 45.4 Å². The first-order chi connectivity index (χ1) is 9.61. The minimum Gasteiger partial charge on any atom is -0.366 e. The predicted octanol–water partition coefficient (Wildman–Crippen LogP) is 3.15. The summed E-state index contributed by atoms with van der Waals surface area (Å²) in [5, 5.41) is 11.7. The van der Waals surface area contributed by atoms with E-state index >= 15 is 0 Å². The van der Waals surface area contributed by atoms with Crippen LogP contribution in [0.3, 0.4) is 0 Å². The van der Waals surface area contributed by atoms with Crippen molar-refractivity contribution in [3.05, 3.63) is 36.2 Å². The fourth-order valence-corrected chi connectivity index (χ4v) is 2.16. The first kappa shape index (κ1) is 12.6. The van der Waals surface area contributed by atoms with Gasteiger partial charge in [-0.15, -0.1) is 10.2 Å². The Bertz CT molecular complexity index is 728. The molecule has 0 radical (unpaired) electrons. The van der Waals surface area contributed by atoms with Gasteiger partial charge in [0.25, 0.3) is 0 Å². The Labute approximate surface area is 117 Å². The minimum atomic E-state index is 0.347. The summed E-state index contributed by atoms with van der Waals surface area (Å²) in [4.78, 5) is 7.63. The number of anilines is 1. The number of hydrogen-bond donors (Lipinski definition) is 2. The van der Waals surface area contributed by atoms with Gasteiger partial charge in [0.1, 0.15) is 11.6 Å². The van der Waals surface area contributed by atoms with Crippen LogP contribution in [0.2, 0.25) is 0 Å². The molecule has 102 valence electrons. The molecule has 0 fully saturated rings. The normalized spacial score (nSPS) is 11.2. The second-order valence-electron chi connectivity index (χ2n) is 5.16. The maximum atomic E-state index is 4.39. The molecular weight excluding hydrogens is 250 g/mol. The highest BCUT2D eigenvalue weighted by molar-refractivity contribution is 5.81. The van der Waals surface area contributed by atoms with Crippen LogP contribution >= 0.6 is 0 Å². The monoisotopic (exact) mass is 267 g/mol. The van der Waals surface area contributed by atoms with E-state index in [0.29, 0.717) is 6.04 Å². The van der Waals surface area contributed by atoms with E-state index in [4.69, 9.17) is 0 Å². The zero-order valence-corrected chi connectivity index (χ0v) is 11.8. The van der Waals surface area contributed by atoms with E-state index in [-0.39, 0.29) is 0 Å². The van der Waals surface area contributed by atoms with E-state index in [1.165, 1.54) is 0 Å². The number of aromatic amines is 1. The van der Waals surface area contributed by atoms with Crippen LogP contribution in [0.1, 0.15) is 19.7 Å². The molecule has 2 N–H and O–H groups in total. The third-order valence-corrected chi connectivity index (χ3v) is 3.00. The van der Waals surface area contributed by atoms with Gasteiger partial charge in [0.05, 0.1) is 16.7 Å². The molecule has 2 aromatic heterocycles. The van der Waals surface area contributed by atoms with Crippen molar-refractivity contribution in [3.63, 3.8) is 0 Å². The Morgan fingerprint density at radius 2 is 1.95 bits per heavy atom. The molecule has 5 nitrogen and oxygen atoms in total. The van der Waals surface area contributed by atoms with Crippen LogP contribution in [-0.4, -0.2) is 26.2 Å². The summed E-state index contributed by atoms with van der Waals surface area (Å²) in [5.74, 6) is 1.71. The van der Waals surface area contributed by atoms with E-state index in [1.807, 2.05) is 31.2 Å². The summed E-state index contributed by atoms with van der Waals surface area (Å²) < 4.78 is 0. The van der Waals surface area contributed by atoms with Gasteiger partial charge >= 0.3 is 0 Å². The molecule has 0 aliphatic heterocycles. The van der Waals surface area contributed by atoms with Crippen LogP contribution < -0.4 is 5.32 Å². The van der Waals surface area contributed by atoms with Crippen LogP contribution in [0.15, 0.2) is 30.3 Å². The van der Waals surface area contributed by atoms with E-state index in [1.54, 1.807) is 0 Å². The van der Waals surface area contributed by atoms with Crippen molar-refractivity contribution in [2.75, 3.05) is 5.32 Å². The van der Waals surface area contributed by atoms with Crippen molar-refractivity contribution in [2.24, 2.45) is 0 Å². The van der Waals surface area contributed by atoms with Crippen molar-refractivity contribution >= 4 is 16.9 Å². The zero-order chi connectivity index (χ0) is 14.1. The molecule has 2 heterocycles. The van der Waals surface area contributed by atoms with Crippen LogP contribution in [-0.2, 0) is 0 Å². The number of rotatable bonds is 3. The highest BCUT2D eigenvalue weighted by Gasteiger charge is 2.05. The van der Waals surface area contributed by atoms with Gasteiger partial charge in [-0.2, -0.15) is 0 Å². The number of benzene rings is 1. The number of aromatic nitrogens is 4. The molecule has 0 amide bonds. The molecule has 3 aromatic rings. The molecule has 0 aliphatic rings. The lowest BCUT2D eigenvalue weighted by Crippen LogP contribution is -2.11. The van der Waals surface area contributed by atoms with Gasteiger partial charge in [-0.05, 0) is 45.0 Å². The Kier molecular flexibility index (Phi) is 3.10. The summed E-state index contributed by atoms with van der Waals surface area (Å²) >= 11 is 0. The Morgan fingerprint density at radius 3 is 2.65 bits per heavy atom. The molecule has 0 saturated heterocycles. The van der Waals surface area contributed by atoms with Crippen LogP contribution in [0.25, 0.3) is 22.3 Å². The maximum Gasteiger partial charge on any atom is 0.148 e. The van der Waals surface area contributed by atoms with E-state index < -0.39 is 0 Å². The summed E-state index contributed by atoms with van der Waals surface area (Å²) in [6.45, 7) is 6.10. The van der Waals surface area contributed by atoms with Crippen molar-refractivity contribution in [1.82, 2.24) is 20.2 Å². The number of nitrogens with one attached hydrogen (secondary N) is 2. The topological polar surface area (TPSA) is 66.5 Å². The molecule has 0 saturated carbocycles. The van der Waals surface area contributed by atoms with Gasteiger partial charge in [0, 0.05) is 11.6 Å². The van der Waals surface area contributed by atoms with Crippen LogP contribution in [0, 0.1) is 6.92 Å². The average molecular weight is 267 g/mol. The number of H-pyrrole nitrogens is 1. The molecule has 0 unspecified atom stereocenters. The quantitative estimate of drug-likeness (QED) is 0.765. The number of imidazole rings is 1. The summed E-state index contributed by atoms with van der Waals surface area (Å²) in [6, 6.07) is 10.3. The Morgan fingerprint density at radius 1 is 1.10 bits per heavy atom. The second kappa shape index (κ2) is 4.92. The first-order valence-corrected chi connectivity index (χ1v) is 6.69. The highest BCUT2D eigenvalue weighted by Crippen LogP contribution is 2.22. The summed E-state index contributed by atoms with van der Waals surface area (Å²) in [7, 11) is 0. The first-order valence-electron chi connectivity index (χ1n) is 6.69. The molecule has 3 rings (SSSR count). The average Bonchev–Trinajstić information content (AvgIpc) is 2.78. The number of aryl methyl sites for hydroxylation is 1. The zero-order valence-electron chi connectivity index (χ0n) is 11.8. The largest absolute Gasteiger partial charge is 0.366 e. The van der Waals surface area contributed by atoms with Gasteiger partial charge < -0.3 is 10.3 Å². The fraction of sp³-hybridized carbons (Fsp3) is 0.267. The van der Waals surface area contributed by atoms with Crippen LogP contribution in [0.5, 0.6) is 0 Å². The number of nitrogens with zero attached hydrogens (tertiary/aromatic N) is 3. The van der Waals surface area contributed by atoms with Gasteiger partial charge in [-0.3, -0.25) is 0 Å². The van der Waals surface area contributed by atoms with E-state index in [9.17, 15) is 0 Å². The molecule has 0 spiro atoms. The van der Waals surface area contributed by atoms with Crippen LogP contribution in [0.4, 0.5) is 5.82 Å². The fourth-order valence-electron chi connectivity index (χ4n) is 2.16. The lowest BCUT2D eigenvalue weighted by atomic mass is 10.1. The lowest BCUT2D eigenvalue weighted by molar-refractivity contribution is 0.874. The van der Waals surface area contributed by atoms with E-state index in [0.717, 1.165) is 33.9 Å². The van der Waals surface area contributed by atoms with Gasteiger partial charge in [-0.1, -0.05) is 6.07 Å². The summed E-state index contributed by atoms with van der Waals surface area (Å²) in [5.41, 5.74) is 3.88. The smallest absolute Gasteiger partial charge is 0.148 e. The lowest BCUT2D eigenvalue weighted by Gasteiger charge is -2.08. The van der Waals surface area contributed by atoms with Crippen molar-refractivity contribution in [3.8, 4) is 11.3 Å². The van der Waals surface area contributed by atoms with Gasteiger partial charge in [-0.25, -0.2) is 4.98 Å². The minimum absolute atomic E-state index is 0.347. The second-order valence-corrected chi connectivity index (χ2v) is 5.16. The molecule has 20 heavy (non-hydrogen) atoms. The molecule has 0 bridgehead atoms. The number of fused-ring (bicyclic) bond motifs is 1. The third-order valence-electron chi connectivity index (χ3n) is 3.00. The van der Waals surface area contributed by atoms with Crippen molar-refractivity contribution < 1.29 is 0 Å². The van der Waals surface area contributed by atoms with Gasteiger partial charge in [0.15, 0.2) is 0 Å². The summed E-state index contributed by atoms with van der Waals surface area (Å²) in [6.07, 6.45) is 0. The Balaban J connectivity index is 1.93. The SMILES string of the molecule is Cc1nc2ccc(-c3ccc(NC(C)C)nn3)cc2[nH]1.